The van der Waals surface area contributed by atoms with E-state index in [1.807, 2.05) is 30.3 Å². The molecule has 1 atom stereocenters. The Morgan fingerprint density at radius 2 is 1.85 bits per heavy atom. The second-order valence-electron chi connectivity index (χ2n) is 5.79. The van der Waals surface area contributed by atoms with Crippen molar-refractivity contribution >= 4 is 11.9 Å². The summed E-state index contributed by atoms with van der Waals surface area (Å²) in [7, 11) is 0. The molecular formula is C19H17N3O4. The molecule has 2 aromatic carbocycles. The number of hydrogen-bond acceptors (Lipinski definition) is 5. The summed E-state index contributed by atoms with van der Waals surface area (Å²) in [4.78, 5) is 27.6. The SMILES string of the molecule is CC(NC(=O)c1cccc(C(=O)O)c1)c1nc(Cc2ccccc2)no1. The van der Waals surface area contributed by atoms with Crippen molar-refractivity contribution in [2.45, 2.75) is 19.4 Å². The van der Waals surface area contributed by atoms with Gasteiger partial charge in [0.25, 0.3) is 5.91 Å². The molecule has 0 fully saturated rings. The van der Waals surface area contributed by atoms with E-state index in [0.29, 0.717) is 18.1 Å². The van der Waals surface area contributed by atoms with E-state index < -0.39 is 17.9 Å². The summed E-state index contributed by atoms with van der Waals surface area (Å²) in [5, 5.41) is 15.7. The molecule has 1 amide bonds. The fourth-order valence-corrected chi connectivity index (χ4v) is 2.43. The zero-order valence-electron chi connectivity index (χ0n) is 14.0. The molecule has 0 bridgehead atoms. The van der Waals surface area contributed by atoms with Gasteiger partial charge in [-0.25, -0.2) is 4.79 Å². The number of carbonyl (C=O) groups is 2. The molecule has 1 unspecified atom stereocenters. The summed E-state index contributed by atoms with van der Waals surface area (Å²) in [6, 6.07) is 15.0. The molecule has 132 valence electrons. The molecule has 3 rings (SSSR count). The zero-order valence-corrected chi connectivity index (χ0v) is 14.0. The molecule has 1 aromatic heterocycles. The minimum atomic E-state index is -1.09. The fraction of sp³-hybridized carbons (Fsp3) is 0.158. The molecule has 0 spiro atoms. The highest BCUT2D eigenvalue weighted by Gasteiger charge is 2.18. The Bertz CT molecular complexity index is 921. The third-order valence-electron chi connectivity index (χ3n) is 3.78. The Hall–Kier alpha value is -3.48. The molecule has 0 saturated heterocycles. The van der Waals surface area contributed by atoms with Crippen molar-refractivity contribution in [1.29, 1.82) is 0 Å². The monoisotopic (exact) mass is 351 g/mol. The molecule has 7 heteroatoms. The summed E-state index contributed by atoms with van der Waals surface area (Å²) >= 11 is 0. The number of carboxylic acids is 1. The molecule has 0 aliphatic rings. The van der Waals surface area contributed by atoms with Gasteiger partial charge in [-0.2, -0.15) is 4.98 Å². The van der Waals surface area contributed by atoms with Crippen LogP contribution in [0.2, 0.25) is 0 Å². The van der Waals surface area contributed by atoms with Crippen LogP contribution in [-0.2, 0) is 6.42 Å². The molecule has 0 aliphatic heterocycles. The Labute approximate surface area is 149 Å². The van der Waals surface area contributed by atoms with E-state index in [0.717, 1.165) is 5.56 Å². The van der Waals surface area contributed by atoms with Crippen LogP contribution in [0.3, 0.4) is 0 Å². The Balaban J connectivity index is 1.66. The van der Waals surface area contributed by atoms with Gasteiger partial charge in [0.15, 0.2) is 5.82 Å². The third kappa shape index (κ3) is 4.13. The van der Waals surface area contributed by atoms with E-state index >= 15 is 0 Å². The van der Waals surface area contributed by atoms with Crippen LogP contribution in [0.4, 0.5) is 0 Å². The number of benzene rings is 2. The van der Waals surface area contributed by atoms with Crippen LogP contribution < -0.4 is 5.32 Å². The van der Waals surface area contributed by atoms with Crippen LogP contribution in [0.15, 0.2) is 59.1 Å². The first-order valence-electron chi connectivity index (χ1n) is 8.03. The third-order valence-corrected chi connectivity index (χ3v) is 3.78. The summed E-state index contributed by atoms with van der Waals surface area (Å²) in [5.74, 6) is -0.683. The van der Waals surface area contributed by atoms with Crippen LogP contribution in [-0.4, -0.2) is 27.1 Å². The van der Waals surface area contributed by atoms with E-state index in [2.05, 4.69) is 15.5 Å². The van der Waals surface area contributed by atoms with Gasteiger partial charge in [0, 0.05) is 12.0 Å². The van der Waals surface area contributed by atoms with Gasteiger partial charge in [0.2, 0.25) is 5.89 Å². The van der Waals surface area contributed by atoms with Crippen LogP contribution in [0.5, 0.6) is 0 Å². The minimum absolute atomic E-state index is 0.0493. The predicted octanol–water partition coefficient (Wildman–Crippen LogP) is 2.85. The molecular weight excluding hydrogens is 334 g/mol. The standard InChI is InChI=1S/C19H17N3O4/c1-12(20-17(23)14-8-5-9-15(11-14)19(24)25)18-21-16(22-26-18)10-13-6-3-2-4-7-13/h2-9,11-12H,10H2,1H3,(H,20,23)(H,24,25). The molecule has 0 radical (unpaired) electrons. The number of hydrogen-bond donors (Lipinski definition) is 2. The average molecular weight is 351 g/mol. The second-order valence-corrected chi connectivity index (χ2v) is 5.79. The summed E-state index contributed by atoms with van der Waals surface area (Å²) in [6.45, 7) is 1.72. The van der Waals surface area contributed by atoms with Gasteiger partial charge in [0.05, 0.1) is 5.56 Å². The Kier molecular flexibility index (Phi) is 5.07. The quantitative estimate of drug-likeness (QED) is 0.707. The topological polar surface area (TPSA) is 105 Å². The number of carbonyl (C=O) groups excluding carboxylic acids is 1. The van der Waals surface area contributed by atoms with Crippen LogP contribution >= 0.6 is 0 Å². The number of aromatic carboxylic acids is 1. The molecule has 7 nitrogen and oxygen atoms in total. The number of carboxylic acid groups (broad SMARTS) is 1. The largest absolute Gasteiger partial charge is 0.478 e. The average Bonchev–Trinajstić information content (AvgIpc) is 3.11. The van der Waals surface area contributed by atoms with E-state index in [-0.39, 0.29) is 11.1 Å². The predicted molar refractivity (Wildman–Crippen MR) is 92.8 cm³/mol. The molecule has 0 aliphatic carbocycles. The van der Waals surface area contributed by atoms with E-state index in [4.69, 9.17) is 9.63 Å². The Morgan fingerprint density at radius 1 is 1.12 bits per heavy atom. The first-order valence-corrected chi connectivity index (χ1v) is 8.03. The van der Waals surface area contributed by atoms with Gasteiger partial charge in [0.1, 0.15) is 6.04 Å². The summed E-state index contributed by atoms with van der Waals surface area (Å²) < 4.78 is 5.23. The highest BCUT2D eigenvalue weighted by atomic mass is 16.5. The lowest BCUT2D eigenvalue weighted by atomic mass is 10.1. The normalized spacial score (nSPS) is 11.7. The number of aromatic nitrogens is 2. The van der Waals surface area contributed by atoms with Crippen LogP contribution in [0.1, 0.15) is 51.0 Å². The van der Waals surface area contributed by atoms with Gasteiger partial charge in [-0.15, -0.1) is 0 Å². The first-order chi connectivity index (χ1) is 12.5. The molecule has 0 saturated carbocycles. The van der Waals surface area contributed by atoms with Gasteiger partial charge in [-0.3, -0.25) is 4.79 Å². The van der Waals surface area contributed by atoms with Gasteiger partial charge in [-0.05, 0) is 30.7 Å². The number of rotatable bonds is 6. The van der Waals surface area contributed by atoms with Crippen molar-refractivity contribution in [3.8, 4) is 0 Å². The molecule has 2 N–H and O–H groups in total. The highest BCUT2D eigenvalue weighted by Crippen LogP contribution is 2.14. The van der Waals surface area contributed by atoms with E-state index in [1.165, 1.54) is 18.2 Å². The number of amides is 1. The van der Waals surface area contributed by atoms with Crippen molar-refractivity contribution in [2.24, 2.45) is 0 Å². The second kappa shape index (κ2) is 7.60. The van der Waals surface area contributed by atoms with Gasteiger partial charge >= 0.3 is 5.97 Å². The van der Waals surface area contributed by atoms with Crippen molar-refractivity contribution in [1.82, 2.24) is 15.5 Å². The summed E-state index contributed by atoms with van der Waals surface area (Å²) in [6.07, 6.45) is 0.533. The molecule has 1 heterocycles. The highest BCUT2D eigenvalue weighted by molar-refractivity contribution is 5.97. The number of nitrogens with zero attached hydrogens (tertiary/aromatic N) is 2. The maximum Gasteiger partial charge on any atom is 0.335 e. The smallest absolute Gasteiger partial charge is 0.335 e. The maximum absolute atomic E-state index is 12.3. The zero-order chi connectivity index (χ0) is 18.5. The van der Waals surface area contributed by atoms with Crippen LogP contribution in [0, 0.1) is 0 Å². The van der Waals surface area contributed by atoms with Crippen molar-refractivity contribution in [3.63, 3.8) is 0 Å². The van der Waals surface area contributed by atoms with Crippen LogP contribution in [0.25, 0.3) is 0 Å². The van der Waals surface area contributed by atoms with E-state index in [1.54, 1.807) is 13.0 Å². The summed E-state index contributed by atoms with van der Waals surface area (Å²) in [5.41, 5.74) is 1.36. The molecule has 26 heavy (non-hydrogen) atoms. The van der Waals surface area contributed by atoms with Crippen molar-refractivity contribution in [2.75, 3.05) is 0 Å². The minimum Gasteiger partial charge on any atom is -0.478 e. The fourth-order valence-electron chi connectivity index (χ4n) is 2.43. The number of nitrogens with one attached hydrogen (secondary N) is 1. The lowest BCUT2D eigenvalue weighted by molar-refractivity contribution is 0.0697. The van der Waals surface area contributed by atoms with Crippen molar-refractivity contribution < 1.29 is 19.2 Å². The molecule has 3 aromatic rings. The first kappa shape index (κ1) is 17.3. The lowest BCUT2D eigenvalue weighted by Crippen LogP contribution is -2.27. The maximum atomic E-state index is 12.3. The van der Waals surface area contributed by atoms with Gasteiger partial charge < -0.3 is 14.9 Å². The van der Waals surface area contributed by atoms with E-state index in [9.17, 15) is 9.59 Å². The van der Waals surface area contributed by atoms with Crippen molar-refractivity contribution in [3.05, 3.63) is 83.0 Å². The lowest BCUT2D eigenvalue weighted by Gasteiger charge is -2.10. The Morgan fingerprint density at radius 3 is 2.58 bits per heavy atom. The van der Waals surface area contributed by atoms with Gasteiger partial charge in [-0.1, -0.05) is 41.6 Å².